The lowest BCUT2D eigenvalue weighted by molar-refractivity contribution is 0.164. The summed E-state index contributed by atoms with van der Waals surface area (Å²) in [6, 6.07) is 4.14. The van der Waals surface area contributed by atoms with Crippen molar-refractivity contribution in [1.29, 1.82) is 0 Å². The number of rotatable bonds is 4. The molecule has 0 aromatic carbocycles. The number of hydrogen-bond acceptors (Lipinski definition) is 8. The van der Waals surface area contributed by atoms with E-state index >= 15 is 0 Å². The van der Waals surface area contributed by atoms with Gasteiger partial charge in [0.15, 0.2) is 5.13 Å². The molecule has 3 aromatic heterocycles. The summed E-state index contributed by atoms with van der Waals surface area (Å²) in [5.74, 6) is 1.37. The molecular weight excluding hydrogens is 330 g/mol. The SMILES string of the molecule is C[C@@H](c1nc(-c2cccs2)no1)N1CCN(c2nccs2)CC1. The molecule has 1 fully saturated rings. The van der Waals surface area contributed by atoms with Crippen LogP contribution in [0.15, 0.2) is 33.6 Å². The van der Waals surface area contributed by atoms with Crippen LogP contribution in [0, 0.1) is 0 Å². The minimum atomic E-state index is 0.134. The van der Waals surface area contributed by atoms with Crippen LogP contribution in [-0.2, 0) is 0 Å². The molecule has 0 N–H and O–H groups in total. The van der Waals surface area contributed by atoms with Gasteiger partial charge in [-0.3, -0.25) is 4.90 Å². The first-order chi connectivity index (χ1) is 11.3. The first kappa shape index (κ1) is 14.8. The van der Waals surface area contributed by atoms with Crippen molar-refractivity contribution >= 4 is 27.8 Å². The van der Waals surface area contributed by atoms with Gasteiger partial charge in [0, 0.05) is 37.8 Å². The third-order valence-electron chi connectivity index (χ3n) is 4.09. The van der Waals surface area contributed by atoms with Crippen molar-refractivity contribution in [3.05, 3.63) is 35.0 Å². The molecule has 0 spiro atoms. The van der Waals surface area contributed by atoms with Crippen molar-refractivity contribution in [2.45, 2.75) is 13.0 Å². The van der Waals surface area contributed by atoms with Crippen molar-refractivity contribution in [3.63, 3.8) is 0 Å². The van der Waals surface area contributed by atoms with Gasteiger partial charge in [0.25, 0.3) is 0 Å². The van der Waals surface area contributed by atoms with Gasteiger partial charge in [-0.15, -0.1) is 22.7 Å². The fourth-order valence-electron chi connectivity index (χ4n) is 2.74. The monoisotopic (exact) mass is 347 g/mol. The number of piperazine rings is 1. The van der Waals surface area contributed by atoms with E-state index in [1.165, 1.54) is 0 Å². The molecule has 0 unspecified atom stereocenters. The number of anilines is 1. The van der Waals surface area contributed by atoms with Gasteiger partial charge in [0.2, 0.25) is 11.7 Å². The quantitative estimate of drug-likeness (QED) is 0.723. The third-order valence-corrected chi connectivity index (χ3v) is 5.79. The van der Waals surface area contributed by atoms with E-state index in [9.17, 15) is 0 Å². The molecule has 1 atom stereocenters. The summed E-state index contributed by atoms with van der Waals surface area (Å²) in [7, 11) is 0. The summed E-state index contributed by atoms with van der Waals surface area (Å²) < 4.78 is 5.48. The van der Waals surface area contributed by atoms with Crippen LogP contribution in [0.25, 0.3) is 10.7 Å². The number of aromatic nitrogens is 3. The lowest BCUT2D eigenvalue weighted by Crippen LogP contribution is -2.47. The highest BCUT2D eigenvalue weighted by Crippen LogP contribution is 2.27. The summed E-state index contributed by atoms with van der Waals surface area (Å²) in [6.45, 7) is 6.02. The van der Waals surface area contributed by atoms with Crippen LogP contribution in [0.4, 0.5) is 5.13 Å². The highest BCUT2D eigenvalue weighted by molar-refractivity contribution is 7.13. The Labute approximate surface area is 142 Å². The molecule has 1 aliphatic rings. The van der Waals surface area contributed by atoms with Gasteiger partial charge in [-0.1, -0.05) is 11.2 Å². The van der Waals surface area contributed by atoms with Crippen LogP contribution in [-0.4, -0.2) is 46.2 Å². The zero-order chi connectivity index (χ0) is 15.6. The first-order valence-electron chi connectivity index (χ1n) is 7.57. The van der Waals surface area contributed by atoms with Gasteiger partial charge >= 0.3 is 0 Å². The Bertz CT molecular complexity index is 732. The Hall–Kier alpha value is -1.77. The predicted octanol–water partition coefficient (Wildman–Crippen LogP) is 3.14. The average molecular weight is 347 g/mol. The normalized spacial score (nSPS) is 17.5. The molecule has 6 nitrogen and oxygen atoms in total. The van der Waals surface area contributed by atoms with E-state index in [0.717, 1.165) is 36.2 Å². The minimum absolute atomic E-state index is 0.134. The molecular formula is C15H17N5OS2. The van der Waals surface area contributed by atoms with Gasteiger partial charge in [0.1, 0.15) is 0 Å². The molecule has 1 aliphatic heterocycles. The number of hydrogen-bond donors (Lipinski definition) is 0. The Kier molecular flexibility index (Phi) is 4.11. The zero-order valence-corrected chi connectivity index (χ0v) is 14.4. The molecule has 23 heavy (non-hydrogen) atoms. The van der Waals surface area contributed by atoms with Gasteiger partial charge in [-0.25, -0.2) is 4.98 Å². The molecule has 8 heteroatoms. The smallest absolute Gasteiger partial charge is 0.244 e. The molecule has 4 rings (SSSR count). The lowest BCUT2D eigenvalue weighted by Gasteiger charge is -2.36. The van der Waals surface area contributed by atoms with Crippen LogP contribution in [0.3, 0.4) is 0 Å². The minimum Gasteiger partial charge on any atom is -0.346 e. The van der Waals surface area contributed by atoms with E-state index in [0.29, 0.717) is 11.7 Å². The zero-order valence-electron chi connectivity index (χ0n) is 12.8. The van der Waals surface area contributed by atoms with E-state index in [4.69, 9.17) is 4.52 Å². The van der Waals surface area contributed by atoms with Crippen LogP contribution in [0.1, 0.15) is 18.9 Å². The second-order valence-electron chi connectivity index (χ2n) is 5.45. The fraction of sp³-hybridized carbons (Fsp3) is 0.400. The number of thiophene rings is 1. The van der Waals surface area contributed by atoms with Gasteiger partial charge < -0.3 is 9.42 Å². The molecule has 3 aromatic rings. The Morgan fingerprint density at radius 2 is 2.04 bits per heavy atom. The predicted molar refractivity (Wildman–Crippen MR) is 91.9 cm³/mol. The number of nitrogens with zero attached hydrogens (tertiary/aromatic N) is 5. The van der Waals surface area contributed by atoms with E-state index in [1.54, 1.807) is 22.7 Å². The van der Waals surface area contributed by atoms with Crippen molar-refractivity contribution < 1.29 is 4.52 Å². The standard InChI is InChI=1S/C15H17N5OS2/c1-11(14-17-13(18-21-14)12-3-2-9-22-12)19-5-7-20(8-6-19)15-16-4-10-23-15/h2-4,9-11H,5-8H2,1H3/t11-/m0/s1. The average Bonchev–Trinajstić information content (AvgIpc) is 3.36. The van der Waals surface area contributed by atoms with E-state index < -0.39 is 0 Å². The van der Waals surface area contributed by atoms with Gasteiger partial charge in [-0.2, -0.15) is 4.98 Å². The molecule has 0 saturated carbocycles. The first-order valence-corrected chi connectivity index (χ1v) is 9.33. The second kappa shape index (κ2) is 6.38. The lowest BCUT2D eigenvalue weighted by atomic mass is 10.2. The van der Waals surface area contributed by atoms with Crippen LogP contribution in [0.2, 0.25) is 0 Å². The summed E-state index contributed by atoms with van der Waals surface area (Å²) in [6.07, 6.45) is 1.86. The Balaban J connectivity index is 1.41. The summed E-state index contributed by atoms with van der Waals surface area (Å²) >= 11 is 3.32. The van der Waals surface area contributed by atoms with Crippen LogP contribution < -0.4 is 4.90 Å². The van der Waals surface area contributed by atoms with Gasteiger partial charge in [0.05, 0.1) is 10.9 Å². The second-order valence-corrected chi connectivity index (χ2v) is 7.27. The van der Waals surface area contributed by atoms with E-state index in [-0.39, 0.29) is 6.04 Å². The molecule has 120 valence electrons. The van der Waals surface area contributed by atoms with Crippen molar-refractivity contribution in [3.8, 4) is 10.7 Å². The van der Waals surface area contributed by atoms with Crippen molar-refractivity contribution in [2.24, 2.45) is 0 Å². The summed E-state index contributed by atoms with van der Waals surface area (Å²) in [4.78, 5) is 14.7. The van der Waals surface area contributed by atoms with Crippen molar-refractivity contribution in [2.75, 3.05) is 31.1 Å². The van der Waals surface area contributed by atoms with Crippen molar-refractivity contribution in [1.82, 2.24) is 20.0 Å². The third kappa shape index (κ3) is 3.01. The van der Waals surface area contributed by atoms with E-state index in [2.05, 4.69) is 31.8 Å². The van der Waals surface area contributed by atoms with Gasteiger partial charge in [-0.05, 0) is 18.4 Å². The maximum Gasteiger partial charge on any atom is 0.244 e. The van der Waals surface area contributed by atoms with E-state index in [1.807, 2.05) is 29.1 Å². The molecule has 0 radical (unpaired) electrons. The maximum absolute atomic E-state index is 5.48. The molecule has 0 amide bonds. The Morgan fingerprint density at radius 3 is 2.74 bits per heavy atom. The molecule has 4 heterocycles. The molecule has 0 bridgehead atoms. The summed E-state index contributed by atoms with van der Waals surface area (Å²) in [5, 5.41) is 9.26. The Morgan fingerprint density at radius 1 is 1.17 bits per heavy atom. The largest absolute Gasteiger partial charge is 0.346 e. The molecule has 0 aliphatic carbocycles. The maximum atomic E-state index is 5.48. The highest BCUT2D eigenvalue weighted by atomic mass is 32.1. The summed E-state index contributed by atoms with van der Waals surface area (Å²) in [5.41, 5.74) is 0. The molecule has 1 saturated heterocycles. The fourth-order valence-corrected chi connectivity index (χ4v) is 4.09. The topological polar surface area (TPSA) is 58.3 Å². The highest BCUT2D eigenvalue weighted by Gasteiger charge is 2.26. The van der Waals surface area contributed by atoms with Crippen LogP contribution in [0.5, 0.6) is 0 Å². The van der Waals surface area contributed by atoms with Crippen LogP contribution >= 0.6 is 22.7 Å². The number of thiazole rings is 1.